The molecule has 43 heavy (non-hydrogen) atoms. The molecule has 0 aromatic heterocycles. The van der Waals surface area contributed by atoms with Crippen LogP contribution in [-0.2, 0) is 4.79 Å². The van der Waals surface area contributed by atoms with Crippen LogP contribution in [0.15, 0.2) is 0 Å². The maximum atomic E-state index is 10.4. The van der Waals surface area contributed by atoms with Crippen molar-refractivity contribution in [2.75, 3.05) is 19.6 Å². The van der Waals surface area contributed by atoms with Gasteiger partial charge in [0.25, 0.3) is 0 Å². The van der Waals surface area contributed by atoms with E-state index in [0.717, 1.165) is 12.8 Å². The fraction of sp³-hybridized carbons (Fsp3) is 0.973. The first-order chi connectivity index (χ1) is 20.7. The first-order valence-corrected chi connectivity index (χ1v) is 18.7. The molecule has 0 bridgehead atoms. The summed E-state index contributed by atoms with van der Waals surface area (Å²) < 4.78 is 0. The number of aliphatic hydroxyl groups is 3. The normalized spacial score (nSPS) is 13.5. The van der Waals surface area contributed by atoms with Crippen LogP contribution in [-0.4, -0.2) is 69.2 Å². The van der Waals surface area contributed by atoms with Crippen molar-refractivity contribution in [3.05, 3.63) is 0 Å². The van der Waals surface area contributed by atoms with E-state index in [0.29, 0.717) is 26.1 Å². The van der Waals surface area contributed by atoms with E-state index in [1.165, 1.54) is 148 Å². The van der Waals surface area contributed by atoms with Crippen LogP contribution in [0.4, 0.5) is 0 Å². The van der Waals surface area contributed by atoms with Crippen molar-refractivity contribution in [3.8, 4) is 0 Å². The predicted octanol–water partition coefficient (Wildman–Crippen LogP) is 9.66. The first-order valence-electron chi connectivity index (χ1n) is 18.7. The summed E-state index contributed by atoms with van der Waals surface area (Å²) in [6, 6.07) is 0. The standard InChI is InChI=1S/C28H56O2.C9H21NO3/c1-2-3-4-5-6-7-8-9-10-11-12-13-14-15-16-17-18-19-20-21-22-23-24-25-26-27-28(29)30;1-7(11)4-10(5-8(2)12)6-9(3)13/h2-27H2,1H3,(H,29,30);7-9,11-13H,4-6H2,1-3H3. The second-order valence-corrected chi connectivity index (χ2v) is 13.4. The van der Waals surface area contributed by atoms with Crippen LogP contribution in [0.3, 0.4) is 0 Å². The van der Waals surface area contributed by atoms with Crippen molar-refractivity contribution in [3.63, 3.8) is 0 Å². The fourth-order valence-corrected chi connectivity index (χ4v) is 5.76. The summed E-state index contributed by atoms with van der Waals surface area (Å²) in [5.41, 5.74) is 0. The monoisotopic (exact) mass is 616 g/mol. The third kappa shape index (κ3) is 43.5. The SMILES string of the molecule is CC(O)CN(CC(C)O)CC(C)O.CCCCCCCCCCCCCCCCCCCCCCCCCCCC(=O)O. The van der Waals surface area contributed by atoms with Gasteiger partial charge in [-0.3, -0.25) is 9.69 Å². The summed E-state index contributed by atoms with van der Waals surface area (Å²) in [5, 5.41) is 36.0. The first kappa shape index (κ1) is 44.4. The summed E-state index contributed by atoms with van der Waals surface area (Å²) in [7, 11) is 0. The molecule has 0 aliphatic carbocycles. The highest BCUT2D eigenvalue weighted by Gasteiger charge is 2.12. The molecule has 0 radical (unpaired) electrons. The number of hydrogen-bond acceptors (Lipinski definition) is 5. The molecule has 260 valence electrons. The lowest BCUT2D eigenvalue weighted by Gasteiger charge is -2.25. The number of hydrogen-bond donors (Lipinski definition) is 4. The molecule has 0 saturated carbocycles. The number of aliphatic carboxylic acids is 1. The maximum Gasteiger partial charge on any atom is 0.303 e. The van der Waals surface area contributed by atoms with Gasteiger partial charge in [0, 0.05) is 26.1 Å². The zero-order valence-electron chi connectivity index (χ0n) is 29.4. The lowest BCUT2D eigenvalue weighted by molar-refractivity contribution is -0.137. The van der Waals surface area contributed by atoms with Crippen LogP contribution in [0.5, 0.6) is 0 Å². The van der Waals surface area contributed by atoms with Crippen molar-refractivity contribution in [2.24, 2.45) is 0 Å². The largest absolute Gasteiger partial charge is 0.481 e. The van der Waals surface area contributed by atoms with E-state index in [4.69, 9.17) is 20.4 Å². The summed E-state index contributed by atoms with van der Waals surface area (Å²) in [5.74, 6) is -0.649. The van der Waals surface area contributed by atoms with Gasteiger partial charge in [0.05, 0.1) is 18.3 Å². The van der Waals surface area contributed by atoms with Crippen LogP contribution >= 0.6 is 0 Å². The van der Waals surface area contributed by atoms with Crippen LogP contribution in [0.25, 0.3) is 0 Å². The molecule has 0 fully saturated rings. The Morgan fingerprint density at radius 2 is 0.651 bits per heavy atom. The predicted molar refractivity (Wildman–Crippen MR) is 185 cm³/mol. The summed E-state index contributed by atoms with van der Waals surface area (Å²) in [4.78, 5) is 12.3. The molecule has 6 heteroatoms. The van der Waals surface area contributed by atoms with Crippen molar-refractivity contribution < 1.29 is 25.2 Å². The van der Waals surface area contributed by atoms with E-state index >= 15 is 0 Å². The summed E-state index contributed by atoms with van der Waals surface area (Å²) in [6.45, 7) is 8.81. The van der Waals surface area contributed by atoms with Crippen LogP contribution < -0.4 is 0 Å². The average molecular weight is 616 g/mol. The summed E-state index contributed by atoms with van der Waals surface area (Å²) in [6.07, 6.45) is 33.7. The van der Waals surface area contributed by atoms with Gasteiger partial charge in [-0.05, 0) is 27.2 Å². The molecule has 0 aromatic carbocycles. The highest BCUT2D eigenvalue weighted by Crippen LogP contribution is 2.16. The molecule has 0 amide bonds. The van der Waals surface area contributed by atoms with Gasteiger partial charge in [-0.1, -0.05) is 161 Å². The van der Waals surface area contributed by atoms with E-state index in [-0.39, 0.29) is 0 Å². The molecule has 0 aliphatic heterocycles. The van der Waals surface area contributed by atoms with Crippen LogP contribution in [0.2, 0.25) is 0 Å². The third-order valence-electron chi connectivity index (χ3n) is 8.06. The number of carbonyl (C=O) groups is 1. The summed E-state index contributed by atoms with van der Waals surface area (Å²) >= 11 is 0. The van der Waals surface area contributed by atoms with E-state index in [1.54, 1.807) is 20.8 Å². The smallest absolute Gasteiger partial charge is 0.303 e. The molecule has 6 nitrogen and oxygen atoms in total. The Hall–Kier alpha value is -0.690. The second-order valence-electron chi connectivity index (χ2n) is 13.4. The maximum absolute atomic E-state index is 10.4. The molecule has 0 rings (SSSR count). The second kappa shape index (κ2) is 35.8. The molecular weight excluding hydrogens is 538 g/mol. The minimum absolute atomic E-state index is 0.347. The number of rotatable bonds is 32. The van der Waals surface area contributed by atoms with Gasteiger partial charge < -0.3 is 20.4 Å². The molecule has 0 spiro atoms. The minimum atomic E-state index is -0.649. The number of carboxylic acid groups (broad SMARTS) is 1. The third-order valence-corrected chi connectivity index (χ3v) is 8.06. The van der Waals surface area contributed by atoms with Gasteiger partial charge in [0.1, 0.15) is 0 Å². The number of aliphatic hydroxyl groups excluding tert-OH is 3. The van der Waals surface area contributed by atoms with Crippen molar-refractivity contribution >= 4 is 5.97 Å². The van der Waals surface area contributed by atoms with Gasteiger partial charge in [-0.25, -0.2) is 0 Å². The van der Waals surface area contributed by atoms with Crippen molar-refractivity contribution in [2.45, 2.75) is 213 Å². The van der Waals surface area contributed by atoms with E-state index in [2.05, 4.69) is 6.92 Å². The quantitative estimate of drug-likeness (QED) is 0.0562. The molecule has 0 aromatic rings. The zero-order chi connectivity index (χ0) is 32.4. The van der Waals surface area contributed by atoms with Gasteiger partial charge in [0.2, 0.25) is 0 Å². The lowest BCUT2D eigenvalue weighted by atomic mass is 10.0. The topological polar surface area (TPSA) is 101 Å². The number of unbranched alkanes of at least 4 members (excludes halogenated alkanes) is 24. The van der Waals surface area contributed by atoms with Crippen molar-refractivity contribution in [1.82, 2.24) is 4.90 Å². The van der Waals surface area contributed by atoms with Gasteiger partial charge in [0.15, 0.2) is 0 Å². The molecular formula is C37H77NO5. The fourth-order valence-electron chi connectivity index (χ4n) is 5.76. The van der Waals surface area contributed by atoms with Crippen molar-refractivity contribution in [1.29, 1.82) is 0 Å². The van der Waals surface area contributed by atoms with E-state index in [1.807, 2.05) is 4.90 Å². The lowest BCUT2D eigenvalue weighted by Crippen LogP contribution is -2.40. The molecule has 0 heterocycles. The Kier molecular flexibility index (Phi) is 37.0. The minimum Gasteiger partial charge on any atom is -0.481 e. The highest BCUT2D eigenvalue weighted by atomic mass is 16.4. The van der Waals surface area contributed by atoms with E-state index in [9.17, 15) is 4.79 Å². The molecule has 4 N–H and O–H groups in total. The van der Waals surface area contributed by atoms with Gasteiger partial charge in [-0.15, -0.1) is 0 Å². The number of carboxylic acids is 1. The Morgan fingerprint density at radius 3 is 0.837 bits per heavy atom. The molecule has 3 atom stereocenters. The Morgan fingerprint density at radius 1 is 0.442 bits per heavy atom. The van der Waals surface area contributed by atoms with Gasteiger partial charge >= 0.3 is 5.97 Å². The Labute approximate surface area is 268 Å². The molecule has 3 unspecified atom stereocenters. The Balaban J connectivity index is 0. The number of nitrogens with zero attached hydrogens (tertiary/aromatic N) is 1. The van der Waals surface area contributed by atoms with Gasteiger partial charge in [-0.2, -0.15) is 0 Å². The van der Waals surface area contributed by atoms with Crippen LogP contribution in [0, 0.1) is 0 Å². The molecule has 0 saturated heterocycles. The molecule has 0 aliphatic rings. The Bertz CT molecular complexity index is 517. The zero-order valence-corrected chi connectivity index (χ0v) is 29.4. The highest BCUT2D eigenvalue weighted by molar-refractivity contribution is 5.66. The van der Waals surface area contributed by atoms with E-state index < -0.39 is 24.3 Å². The van der Waals surface area contributed by atoms with Crippen LogP contribution in [0.1, 0.15) is 195 Å². The average Bonchev–Trinajstić information content (AvgIpc) is 2.92.